The van der Waals surface area contributed by atoms with Gasteiger partial charge in [-0.3, -0.25) is 4.79 Å². The standard InChI is InChI=1S/C16H22O/c1-2-14-10-6-7-11-15(14)16(17)12-13-8-4-3-5-9-13/h3-5,8-9,14-15H,2,6-7,10-12H2,1H3. The summed E-state index contributed by atoms with van der Waals surface area (Å²) in [6.07, 6.45) is 6.70. The van der Waals surface area contributed by atoms with Gasteiger partial charge in [0, 0.05) is 12.3 Å². The molecule has 0 N–H and O–H groups in total. The van der Waals surface area contributed by atoms with Crippen molar-refractivity contribution in [3.05, 3.63) is 35.9 Å². The highest BCUT2D eigenvalue weighted by molar-refractivity contribution is 5.83. The van der Waals surface area contributed by atoms with Crippen molar-refractivity contribution >= 4 is 5.78 Å². The zero-order chi connectivity index (χ0) is 12.1. The van der Waals surface area contributed by atoms with Crippen LogP contribution in [0.5, 0.6) is 0 Å². The molecule has 1 saturated carbocycles. The third-order valence-corrected chi connectivity index (χ3v) is 4.07. The largest absolute Gasteiger partial charge is 0.299 e. The molecule has 92 valence electrons. The minimum absolute atomic E-state index is 0.328. The van der Waals surface area contributed by atoms with E-state index in [9.17, 15) is 4.79 Å². The van der Waals surface area contributed by atoms with Gasteiger partial charge in [-0.1, -0.05) is 56.5 Å². The minimum Gasteiger partial charge on any atom is -0.299 e. The van der Waals surface area contributed by atoms with E-state index in [1.54, 1.807) is 0 Å². The number of carbonyl (C=O) groups excluding carboxylic acids is 1. The molecule has 0 aliphatic heterocycles. The first-order valence-corrected chi connectivity index (χ1v) is 6.88. The first-order valence-electron chi connectivity index (χ1n) is 6.88. The number of hydrogen-bond acceptors (Lipinski definition) is 1. The molecule has 1 nitrogen and oxygen atoms in total. The Morgan fingerprint density at radius 1 is 1.18 bits per heavy atom. The molecule has 0 saturated heterocycles. The van der Waals surface area contributed by atoms with Crippen molar-refractivity contribution in [2.24, 2.45) is 11.8 Å². The van der Waals surface area contributed by atoms with Crippen molar-refractivity contribution in [2.45, 2.75) is 45.4 Å². The van der Waals surface area contributed by atoms with Gasteiger partial charge >= 0.3 is 0 Å². The maximum atomic E-state index is 12.3. The summed E-state index contributed by atoms with van der Waals surface area (Å²) in [7, 11) is 0. The summed E-state index contributed by atoms with van der Waals surface area (Å²) < 4.78 is 0. The Bertz CT molecular complexity index is 355. The molecule has 0 aromatic heterocycles. The van der Waals surface area contributed by atoms with E-state index in [2.05, 4.69) is 19.1 Å². The summed E-state index contributed by atoms with van der Waals surface area (Å²) in [5.74, 6) is 1.43. The first-order chi connectivity index (χ1) is 8.31. The second-order valence-corrected chi connectivity index (χ2v) is 5.19. The molecule has 2 rings (SSSR count). The number of carbonyl (C=O) groups is 1. The Balaban J connectivity index is 1.99. The Kier molecular flexibility index (Phi) is 4.36. The van der Waals surface area contributed by atoms with E-state index in [0.717, 1.165) is 18.4 Å². The predicted octanol–water partition coefficient (Wildman–Crippen LogP) is 4.01. The van der Waals surface area contributed by atoms with Gasteiger partial charge in [-0.15, -0.1) is 0 Å². The van der Waals surface area contributed by atoms with E-state index in [4.69, 9.17) is 0 Å². The molecule has 1 fully saturated rings. The number of hydrogen-bond donors (Lipinski definition) is 0. The second-order valence-electron chi connectivity index (χ2n) is 5.19. The molecule has 1 aromatic rings. The van der Waals surface area contributed by atoms with Gasteiger partial charge in [0.1, 0.15) is 5.78 Å². The molecule has 0 spiro atoms. The van der Waals surface area contributed by atoms with Crippen LogP contribution in [0.15, 0.2) is 30.3 Å². The predicted molar refractivity (Wildman–Crippen MR) is 70.9 cm³/mol. The van der Waals surface area contributed by atoms with Gasteiger partial charge in [-0.25, -0.2) is 0 Å². The molecule has 0 amide bonds. The third kappa shape index (κ3) is 3.18. The van der Waals surface area contributed by atoms with E-state index in [1.807, 2.05) is 18.2 Å². The van der Waals surface area contributed by atoms with Crippen LogP contribution in [0, 0.1) is 11.8 Å². The van der Waals surface area contributed by atoms with E-state index < -0.39 is 0 Å². The van der Waals surface area contributed by atoms with E-state index in [1.165, 1.54) is 19.3 Å². The molecule has 2 atom stereocenters. The molecule has 2 unspecified atom stereocenters. The molecule has 0 heterocycles. The Labute approximate surface area is 104 Å². The second kappa shape index (κ2) is 6.00. The SMILES string of the molecule is CCC1CCCCC1C(=O)Cc1ccccc1. The van der Waals surface area contributed by atoms with Crippen LogP contribution in [0.4, 0.5) is 0 Å². The van der Waals surface area contributed by atoms with Gasteiger partial charge in [0.25, 0.3) is 0 Å². The molecule has 1 aliphatic rings. The third-order valence-electron chi connectivity index (χ3n) is 4.07. The molecular formula is C16H22O. The van der Waals surface area contributed by atoms with Crippen LogP contribution < -0.4 is 0 Å². The fourth-order valence-electron chi connectivity index (χ4n) is 3.05. The molecular weight excluding hydrogens is 208 g/mol. The molecule has 1 heteroatoms. The lowest BCUT2D eigenvalue weighted by atomic mass is 9.74. The Hall–Kier alpha value is -1.11. The number of rotatable bonds is 4. The average Bonchev–Trinajstić information content (AvgIpc) is 2.40. The van der Waals surface area contributed by atoms with Gasteiger partial charge < -0.3 is 0 Å². The highest BCUT2D eigenvalue weighted by Gasteiger charge is 2.29. The summed E-state index contributed by atoms with van der Waals surface area (Å²) in [5, 5.41) is 0. The van der Waals surface area contributed by atoms with Crippen LogP contribution in [0.1, 0.15) is 44.6 Å². The lowest BCUT2D eigenvalue weighted by Crippen LogP contribution is -2.28. The van der Waals surface area contributed by atoms with Crippen molar-refractivity contribution in [3.63, 3.8) is 0 Å². The van der Waals surface area contributed by atoms with Gasteiger partial charge in [-0.2, -0.15) is 0 Å². The van der Waals surface area contributed by atoms with Crippen molar-refractivity contribution in [3.8, 4) is 0 Å². The van der Waals surface area contributed by atoms with Crippen molar-refractivity contribution in [1.82, 2.24) is 0 Å². The van der Waals surface area contributed by atoms with E-state index in [-0.39, 0.29) is 0 Å². The van der Waals surface area contributed by atoms with E-state index >= 15 is 0 Å². The van der Waals surface area contributed by atoms with Crippen LogP contribution in [0.3, 0.4) is 0 Å². The van der Waals surface area contributed by atoms with Crippen LogP contribution in [0.25, 0.3) is 0 Å². The summed E-state index contributed by atoms with van der Waals surface area (Å²) >= 11 is 0. The van der Waals surface area contributed by atoms with Gasteiger partial charge in [0.05, 0.1) is 0 Å². The van der Waals surface area contributed by atoms with E-state index in [0.29, 0.717) is 24.0 Å². The fourth-order valence-corrected chi connectivity index (χ4v) is 3.05. The van der Waals surface area contributed by atoms with Crippen LogP contribution in [-0.4, -0.2) is 5.78 Å². The van der Waals surface area contributed by atoms with Crippen molar-refractivity contribution < 1.29 is 4.79 Å². The smallest absolute Gasteiger partial charge is 0.140 e. The molecule has 0 bridgehead atoms. The van der Waals surface area contributed by atoms with Crippen molar-refractivity contribution in [1.29, 1.82) is 0 Å². The topological polar surface area (TPSA) is 17.1 Å². The van der Waals surface area contributed by atoms with Crippen LogP contribution in [0.2, 0.25) is 0 Å². The normalized spacial score (nSPS) is 24.5. The summed E-state index contributed by atoms with van der Waals surface area (Å²) in [4.78, 5) is 12.3. The summed E-state index contributed by atoms with van der Waals surface area (Å²) in [5.41, 5.74) is 1.16. The quantitative estimate of drug-likeness (QED) is 0.763. The molecule has 1 aliphatic carbocycles. The lowest BCUT2D eigenvalue weighted by molar-refractivity contribution is -0.125. The van der Waals surface area contributed by atoms with Gasteiger partial charge in [-0.05, 0) is 24.3 Å². The minimum atomic E-state index is 0.328. The number of ketones is 1. The summed E-state index contributed by atoms with van der Waals surface area (Å²) in [6, 6.07) is 10.1. The lowest BCUT2D eigenvalue weighted by Gasteiger charge is -2.29. The van der Waals surface area contributed by atoms with Gasteiger partial charge in [0.2, 0.25) is 0 Å². The first kappa shape index (κ1) is 12.3. The monoisotopic (exact) mass is 230 g/mol. The van der Waals surface area contributed by atoms with Crippen LogP contribution in [-0.2, 0) is 11.2 Å². The molecule has 1 aromatic carbocycles. The van der Waals surface area contributed by atoms with Crippen LogP contribution >= 0.6 is 0 Å². The molecule has 0 radical (unpaired) electrons. The maximum Gasteiger partial charge on any atom is 0.140 e. The highest BCUT2D eigenvalue weighted by atomic mass is 16.1. The molecule has 17 heavy (non-hydrogen) atoms. The number of Topliss-reactive ketones (excluding diaryl/α,β-unsaturated/α-hetero) is 1. The van der Waals surface area contributed by atoms with Gasteiger partial charge in [0.15, 0.2) is 0 Å². The zero-order valence-corrected chi connectivity index (χ0v) is 10.7. The Morgan fingerprint density at radius 3 is 2.59 bits per heavy atom. The number of benzene rings is 1. The zero-order valence-electron chi connectivity index (χ0n) is 10.7. The fraction of sp³-hybridized carbons (Fsp3) is 0.562. The highest BCUT2D eigenvalue weighted by Crippen LogP contribution is 2.33. The maximum absolute atomic E-state index is 12.3. The summed E-state index contributed by atoms with van der Waals surface area (Å²) in [6.45, 7) is 2.22. The Morgan fingerprint density at radius 2 is 1.88 bits per heavy atom. The average molecular weight is 230 g/mol. The van der Waals surface area contributed by atoms with Crippen molar-refractivity contribution in [2.75, 3.05) is 0 Å².